The Hall–Kier alpha value is -2.12. The summed E-state index contributed by atoms with van der Waals surface area (Å²) in [6.07, 6.45) is 0. The van der Waals surface area contributed by atoms with Gasteiger partial charge in [0.05, 0.1) is 19.8 Å². The molecular weight excluding hydrogens is 323 g/mol. The fourth-order valence-electron chi connectivity index (χ4n) is 2.95. The second-order valence-electron chi connectivity index (χ2n) is 6.10. The molecule has 7 heteroatoms. The number of hydrogen-bond acceptors (Lipinski definition) is 4. The van der Waals surface area contributed by atoms with Crippen LogP contribution in [-0.4, -0.2) is 57.3 Å². The Bertz CT molecular complexity index is 738. The summed E-state index contributed by atoms with van der Waals surface area (Å²) in [5.41, 5.74) is 1.65. The van der Waals surface area contributed by atoms with Gasteiger partial charge in [-0.15, -0.1) is 0 Å². The van der Waals surface area contributed by atoms with Crippen LogP contribution in [-0.2, 0) is 11.3 Å². The summed E-state index contributed by atoms with van der Waals surface area (Å²) in [5, 5.41) is 7.36. The predicted molar refractivity (Wildman–Crippen MR) is 96.4 cm³/mol. The fraction of sp³-hybridized carbons (Fsp3) is 0.500. The zero-order valence-electron chi connectivity index (χ0n) is 14.8. The number of ether oxygens (including phenoxy) is 1. The molecule has 0 amide bonds. The van der Waals surface area contributed by atoms with Crippen molar-refractivity contribution < 1.29 is 13.5 Å². The summed E-state index contributed by atoms with van der Waals surface area (Å²) in [4.78, 5) is 6.60. The molecule has 3 rings (SSSR count). The van der Waals surface area contributed by atoms with E-state index in [1.54, 1.807) is 13.1 Å². The van der Waals surface area contributed by atoms with Gasteiger partial charge in [-0.3, -0.25) is 9.89 Å². The van der Waals surface area contributed by atoms with Gasteiger partial charge in [-0.25, -0.2) is 4.39 Å². The smallest absolute Gasteiger partial charge is 0.191 e. The van der Waals surface area contributed by atoms with E-state index in [0.717, 1.165) is 62.1 Å². The second kappa shape index (κ2) is 8.31. The van der Waals surface area contributed by atoms with Gasteiger partial charge in [-0.2, -0.15) is 0 Å². The molecule has 6 nitrogen and oxygen atoms in total. The van der Waals surface area contributed by atoms with E-state index in [0.29, 0.717) is 12.1 Å². The van der Waals surface area contributed by atoms with Crippen LogP contribution in [0.1, 0.15) is 11.3 Å². The van der Waals surface area contributed by atoms with Crippen LogP contribution in [0.3, 0.4) is 0 Å². The topological polar surface area (TPSA) is 62.0 Å². The Morgan fingerprint density at radius 1 is 1.28 bits per heavy atom. The summed E-state index contributed by atoms with van der Waals surface area (Å²) in [6, 6.07) is 4.58. The molecule has 0 saturated carbocycles. The SMILES string of the molecule is CN=C(NCCN1CCOCC1)NCc1oc2ccc(F)cc2c1C. The van der Waals surface area contributed by atoms with E-state index in [4.69, 9.17) is 9.15 Å². The Balaban J connectivity index is 1.51. The highest BCUT2D eigenvalue weighted by atomic mass is 19.1. The van der Waals surface area contributed by atoms with Crippen molar-refractivity contribution in [1.82, 2.24) is 15.5 Å². The lowest BCUT2D eigenvalue weighted by molar-refractivity contribution is 0.0389. The van der Waals surface area contributed by atoms with Gasteiger partial charge in [0.15, 0.2) is 5.96 Å². The number of fused-ring (bicyclic) bond motifs is 1. The van der Waals surface area contributed by atoms with Gasteiger partial charge in [0.1, 0.15) is 17.2 Å². The number of hydrogen-bond donors (Lipinski definition) is 2. The number of halogens is 1. The molecule has 1 aromatic heterocycles. The van der Waals surface area contributed by atoms with Gasteiger partial charge < -0.3 is 19.8 Å². The van der Waals surface area contributed by atoms with Crippen LogP contribution in [0.4, 0.5) is 4.39 Å². The van der Waals surface area contributed by atoms with Crippen molar-refractivity contribution >= 4 is 16.9 Å². The molecule has 25 heavy (non-hydrogen) atoms. The van der Waals surface area contributed by atoms with Gasteiger partial charge in [0.25, 0.3) is 0 Å². The third-order valence-electron chi connectivity index (χ3n) is 4.46. The van der Waals surface area contributed by atoms with Gasteiger partial charge >= 0.3 is 0 Å². The summed E-state index contributed by atoms with van der Waals surface area (Å²) in [5.74, 6) is 1.26. The maximum absolute atomic E-state index is 13.4. The normalized spacial score (nSPS) is 16.4. The van der Waals surface area contributed by atoms with Crippen molar-refractivity contribution in [2.45, 2.75) is 13.5 Å². The Morgan fingerprint density at radius 2 is 2.08 bits per heavy atom. The first-order valence-electron chi connectivity index (χ1n) is 8.59. The number of aryl methyl sites for hydroxylation is 1. The van der Waals surface area contributed by atoms with Gasteiger partial charge in [-0.05, 0) is 25.1 Å². The summed E-state index contributed by atoms with van der Waals surface area (Å²) in [6.45, 7) is 7.76. The molecule has 0 radical (unpaired) electrons. The predicted octanol–water partition coefficient (Wildman–Crippen LogP) is 1.88. The number of rotatable bonds is 5. The van der Waals surface area contributed by atoms with Crippen LogP contribution in [0.2, 0.25) is 0 Å². The van der Waals surface area contributed by atoms with E-state index in [1.807, 2.05) is 6.92 Å². The molecular formula is C18H25FN4O2. The number of furan rings is 1. The van der Waals surface area contributed by atoms with Crippen molar-refractivity contribution in [3.05, 3.63) is 35.3 Å². The Morgan fingerprint density at radius 3 is 2.84 bits per heavy atom. The van der Waals surface area contributed by atoms with Crippen LogP contribution in [0, 0.1) is 12.7 Å². The summed E-state index contributed by atoms with van der Waals surface area (Å²) in [7, 11) is 1.74. The van der Waals surface area contributed by atoms with Crippen molar-refractivity contribution in [2.24, 2.45) is 4.99 Å². The molecule has 1 fully saturated rings. The summed E-state index contributed by atoms with van der Waals surface area (Å²) < 4.78 is 24.6. The first-order chi connectivity index (χ1) is 12.2. The number of benzene rings is 1. The molecule has 1 aliphatic heterocycles. The molecule has 1 aromatic carbocycles. The van der Waals surface area contributed by atoms with Crippen LogP contribution in [0.15, 0.2) is 27.6 Å². The van der Waals surface area contributed by atoms with Crippen molar-refractivity contribution in [3.63, 3.8) is 0 Å². The molecule has 0 unspecified atom stereocenters. The van der Waals surface area contributed by atoms with Crippen LogP contribution < -0.4 is 10.6 Å². The fourth-order valence-corrected chi connectivity index (χ4v) is 2.95. The molecule has 0 atom stereocenters. The van der Waals surface area contributed by atoms with E-state index in [-0.39, 0.29) is 5.82 Å². The lowest BCUT2D eigenvalue weighted by Gasteiger charge is -2.26. The molecule has 136 valence electrons. The van der Waals surface area contributed by atoms with E-state index in [1.165, 1.54) is 12.1 Å². The van der Waals surface area contributed by atoms with Crippen LogP contribution in [0.25, 0.3) is 11.0 Å². The molecule has 1 saturated heterocycles. The first-order valence-corrected chi connectivity index (χ1v) is 8.59. The Kier molecular flexibility index (Phi) is 5.88. The van der Waals surface area contributed by atoms with Gasteiger partial charge in [-0.1, -0.05) is 0 Å². The van der Waals surface area contributed by atoms with Crippen molar-refractivity contribution in [2.75, 3.05) is 46.4 Å². The maximum Gasteiger partial charge on any atom is 0.191 e. The standard InChI is InChI=1S/C18H25FN4O2/c1-13-15-11-14(19)3-4-16(15)25-17(13)12-22-18(20-2)21-5-6-23-7-9-24-10-8-23/h3-4,11H,5-10,12H2,1-2H3,(H2,20,21,22). The molecule has 2 aromatic rings. The average molecular weight is 348 g/mol. The first kappa shape index (κ1) is 17.7. The van der Waals surface area contributed by atoms with Crippen molar-refractivity contribution in [3.8, 4) is 0 Å². The lowest BCUT2D eigenvalue weighted by Crippen LogP contribution is -2.44. The minimum absolute atomic E-state index is 0.253. The molecule has 2 N–H and O–H groups in total. The van der Waals surface area contributed by atoms with E-state index < -0.39 is 0 Å². The number of morpholine rings is 1. The highest BCUT2D eigenvalue weighted by Crippen LogP contribution is 2.25. The van der Waals surface area contributed by atoms with E-state index in [2.05, 4.69) is 20.5 Å². The highest BCUT2D eigenvalue weighted by Gasteiger charge is 2.12. The van der Waals surface area contributed by atoms with Crippen molar-refractivity contribution in [1.29, 1.82) is 0 Å². The zero-order valence-corrected chi connectivity index (χ0v) is 14.8. The van der Waals surface area contributed by atoms with Gasteiger partial charge in [0, 0.05) is 44.2 Å². The second-order valence-corrected chi connectivity index (χ2v) is 6.10. The molecule has 0 spiro atoms. The third kappa shape index (κ3) is 4.49. The zero-order chi connectivity index (χ0) is 17.6. The molecule has 0 bridgehead atoms. The largest absolute Gasteiger partial charge is 0.459 e. The number of guanidine groups is 1. The maximum atomic E-state index is 13.4. The van der Waals surface area contributed by atoms with E-state index in [9.17, 15) is 4.39 Å². The number of nitrogens with zero attached hydrogens (tertiary/aromatic N) is 2. The lowest BCUT2D eigenvalue weighted by atomic mass is 10.1. The Labute approximate surface area is 147 Å². The minimum Gasteiger partial charge on any atom is -0.459 e. The number of aliphatic imine (C=N–C) groups is 1. The highest BCUT2D eigenvalue weighted by molar-refractivity contribution is 5.83. The molecule has 1 aliphatic rings. The molecule has 0 aliphatic carbocycles. The average Bonchev–Trinajstić information content (AvgIpc) is 2.94. The summed E-state index contributed by atoms with van der Waals surface area (Å²) >= 11 is 0. The minimum atomic E-state index is -0.253. The molecule has 2 heterocycles. The third-order valence-corrected chi connectivity index (χ3v) is 4.46. The number of nitrogens with one attached hydrogen (secondary N) is 2. The van der Waals surface area contributed by atoms with Gasteiger partial charge in [0.2, 0.25) is 0 Å². The monoisotopic (exact) mass is 348 g/mol. The quantitative estimate of drug-likeness (QED) is 0.638. The van der Waals surface area contributed by atoms with Crippen LogP contribution in [0.5, 0.6) is 0 Å². The van der Waals surface area contributed by atoms with E-state index >= 15 is 0 Å². The van der Waals surface area contributed by atoms with Crippen LogP contribution >= 0.6 is 0 Å².